The average molecular weight is 260 g/mol. The van der Waals surface area contributed by atoms with Crippen molar-refractivity contribution in [1.29, 1.82) is 0 Å². The summed E-state index contributed by atoms with van der Waals surface area (Å²) >= 11 is 1.74. The quantitative estimate of drug-likeness (QED) is 0.844. The third-order valence-corrected chi connectivity index (χ3v) is 3.88. The van der Waals surface area contributed by atoms with E-state index in [1.165, 1.54) is 0 Å². The van der Waals surface area contributed by atoms with E-state index in [0.717, 1.165) is 21.8 Å². The van der Waals surface area contributed by atoms with Crippen LogP contribution in [0.2, 0.25) is 0 Å². The predicted octanol–water partition coefficient (Wildman–Crippen LogP) is 3.56. The summed E-state index contributed by atoms with van der Waals surface area (Å²) in [6.45, 7) is 3.68. The molecule has 0 radical (unpaired) electrons. The van der Waals surface area contributed by atoms with E-state index in [9.17, 15) is 9.90 Å². The summed E-state index contributed by atoms with van der Waals surface area (Å²) < 4.78 is 0. The summed E-state index contributed by atoms with van der Waals surface area (Å²) in [7, 11) is 0. The smallest absolute Gasteiger partial charge is 0.138 e. The zero-order valence-electron chi connectivity index (χ0n) is 10.2. The summed E-state index contributed by atoms with van der Waals surface area (Å²) in [4.78, 5) is 12.5. The first kappa shape index (κ1) is 13.0. The number of Topliss-reactive ketones (excluding diaryl/α,β-unsaturated/α-hetero) is 1. The fourth-order valence-electron chi connectivity index (χ4n) is 1.92. The third kappa shape index (κ3) is 3.26. The second kappa shape index (κ2) is 5.91. The Hall–Kier alpha value is -1.48. The number of aromatic hydroxyl groups is 1. The molecule has 1 heterocycles. The van der Waals surface area contributed by atoms with Crippen LogP contribution in [0.1, 0.15) is 24.0 Å². The Bertz CT molecular complexity index is 503. The highest BCUT2D eigenvalue weighted by Gasteiger charge is 2.13. The highest BCUT2D eigenvalue weighted by molar-refractivity contribution is 8.03. The number of hydrogen-bond acceptors (Lipinski definition) is 3. The maximum absolute atomic E-state index is 11.4. The molecule has 0 amide bonds. The molecule has 2 rings (SSSR count). The first-order valence-corrected chi connectivity index (χ1v) is 6.95. The third-order valence-electron chi connectivity index (χ3n) is 2.84. The largest absolute Gasteiger partial charge is 0.508 e. The minimum absolute atomic E-state index is 0.296. The molecule has 1 fully saturated rings. The molecule has 94 valence electrons. The lowest BCUT2D eigenvalue weighted by Gasteiger charge is -2.12. The van der Waals surface area contributed by atoms with Gasteiger partial charge in [0.05, 0.1) is 0 Å². The Kier molecular flexibility index (Phi) is 4.26. The van der Waals surface area contributed by atoms with Gasteiger partial charge in [-0.25, -0.2) is 0 Å². The van der Waals surface area contributed by atoms with Crippen LogP contribution in [0.3, 0.4) is 0 Å². The first-order valence-electron chi connectivity index (χ1n) is 5.97. The summed E-state index contributed by atoms with van der Waals surface area (Å²) in [5.41, 5.74) is 1.90. The van der Waals surface area contributed by atoms with E-state index in [4.69, 9.17) is 0 Å². The first-order chi connectivity index (χ1) is 8.69. The van der Waals surface area contributed by atoms with Crippen LogP contribution in [0, 0.1) is 0 Å². The van der Waals surface area contributed by atoms with Crippen LogP contribution in [0.5, 0.6) is 5.75 Å². The van der Waals surface area contributed by atoms with Crippen molar-refractivity contribution in [2.45, 2.75) is 19.3 Å². The van der Waals surface area contributed by atoms with Crippen LogP contribution in [-0.2, 0) is 11.2 Å². The van der Waals surface area contributed by atoms with Gasteiger partial charge in [-0.05, 0) is 40.7 Å². The van der Waals surface area contributed by atoms with Crippen molar-refractivity contribution in [2.24, 2.45) is 0 Å². The van der Waals surface area contributed by atoms with E-state index in [2.05, 4.69) is 6.58 Å². The fraction of sp³-hybridized carbons (Fsp3) is 0.267. The molecule has 3 heteroatoms. The topological polar surface area (TPSA) is 37.3 Å². The summed E-state index contributed by atoms with van der Waals surface area (Å²) in [6.07, 6.45) is 5.68. The van der Waals surface area contributed by atoms with E-state index >= 15 is 0 Å². The summed E-state index contributed by atoms with van der Waals surface area (Å²) in [5.74, 6) is 1.48. The van der Waals surface area contributed by atoms with E-state index in [1.807, 2.05) is 18.2 Å². The number of benzene rings is 1. The van der Waals surface area contributed by atoms with Crippen molar-refractivity contribution in [1.82, 2.24) is 0 Å². The molecule has 0 atom stereocenters. The fourth-order valence-corrected chi connectivity index (χ4v) is 3.00. The van der Waals surface area contributed by atoms with E-state index in [0.29, 0.717) is 30.8 Å². The normalized spacial score (nSPS) is 18.0. The molecule has 1 aliphatic rings. The van der Waals surface area contributed by atoms with E-state index < -0.39 is 0 Å². The lowest BCUT2D eigenvalue weighted by molar-refractivity contribution is -0.118. The highest BCUT2D eigenvalue weighted by Crippen LogP contribution is 2.30. The van der Waals surface area contributed by atoms with Crippen molar-refractivity contribution in [3.63, 3.8) is 0 Å². The van der Waals surface area contributed by atoms with Crippen molar-refractivity contribution in [2.75, 3.05) is 5.75 Å². The second-order valence-electron chi connectivity index (χ2n) is 4.31. The molecule has 0 aromatic heterocycles. The SMILES string of the molecule is C=CCc1cc(C=C2CC(=O)CCS2)ccc1O. The molecule has 0 aliphatic carbocycles. The number of carbonyl (C=O) groups is 1. The monoisotopic (exact) mass is 260 g/mol. The molecule has 0 unspecified atom stereocenters. The van der Waals surface area contributed by atoms with Crippen molar-refractivity contribution >= 4 is 23.6 Å². The number of phenolic OH excluding ortho intramolecular Hbond substituents is 1. The number of carbonyl (C=O) groups excluding carboxylic acids is 1. The number of allylic oxidation sites excluding steroid dienone is 2. The van der Waals surface area contributed by atoms with Gasteiger partial charge >= 0.3 is 0 Å². The van der Waals surface area contributed by atoms with Gasteiger partial charge in [0.25, 0.3) is 0 Å². The van der Waals surface area contributed by atoms with Gasteiger partial charge in [0.1, 0.15) is 11.5 Å². The summed E-state index contributed by atoms with van der Waals surface area (Å²) in [6, 6.07) is 5.51. The Balaban J connectivity index is 2.22. The number of thioether (sulfide) groups is 1. The van der Waals surface area contributed by atoms with Gasteiger partial charge in [-0.15, -0.1) is 18.3 Å². The second-order valence-corrected chi connectivity index (χ2v) is 5.53. The molecule has 1 aliphatic heterocycles. The average Bonchev–Trinajstić information content (AvgIpc) is 2.34. The van der Waals surface area contributed by atoms with Gasteiger partial charge in [0, 0.05) is 18.6 Å². The van der Waals surface area contributed by atoms with Gasteiger partial charge in [0.15, 0.2) is 0 Å². The van der Waals surface area contributed by atoms with Crippen LogP contribution >= 0.6 is 11.8 Å². The van der Waals surface area contributed by atoms with Crippen molar-refractivity contribution in [3.8, 4) is 5.75 Å². The minimum atomic E-state index is 0.296. The van der Waals surface area contributed by atoms with Crippen LogP contribution in [0.4, 0.5) is 0 Å². The zero-order valence-corrected chi connectivity index (χ0v) is 11.0. The molecule has 0 spiro atoms. The molecular weight excluding hydrogens is 244 g/mol. The number of rotatable bonds is 3. The van der Waals surface area contributed by atoms with Gasteiger partial charge in [-0.3, -0.25) is 4.79 Å². The molecule has 1 saturated heterocycles. The molecule has 1 N–H and O–H groups in total. The number of ketones is 1. The molecule has 0 saturated carbocycles. The maximum atomic E-state index is 11.4. The Morgan fingerprint density at radius 1 is 1.44 bits per heavy atom. The number of hydrogen-bond donors (Lipinski definition) is 1. The van der Waals surface area contributed by atoms with Crippen LogP contribution in [-0.4, -0.2) is 16.6 Å². The highest BCUT2D eigenvalue weighted by atomic mass is 32.2. The molecular formula is C15H16O2S. The van der Waals surface area contributed by atoms with Crippen molar-refractivity contribution in [3.05, 3.63) is 46.9 Å². The summed E-state index contributed by atoms with van der Waals surface area (Å²) in [5, 5.41) is 9.69. The molecule has 0 bridgehead atoms. The lowest BCUT2D eigenvalue weighted by atomic mass is 10.1. The molecule has 2 nitrogen and oxygen atoms in total. The Morgan fingerprint density at radius 3 is 3.00 bits per heavy atom. The maximum Gasteiger partial charge on any atom is 0.138 e. The zero-order chi connectivity index (χ0) is 13.0. The van der Waals surface area contributed by atoms with Gasteiger partial charge in [0.2, 0.25) is 0 Å². The predicted molar refractivity (Wildman–Crippen MR) is 76.7 cm³/mol. The Labute approximate surface area is 111 Å². The van der Waals surface area contributed by atoms with Crippen LogP contribution < -0.4 is 0 Å². The van der Waals surface area contributed by atoms with Crippen molar-refractivity contribution < 1.29 is 9.90 Å². The molecule has 1 aromatic carbocycles. The lowest BCUT2D eigenvalue weighted by Crippen LogP contribution is -2.06. The van der Waals surface area contributed by atoms with E-state index in [-0.39, 0.29) is 0 Å². The minimum Gasteiger partial charge on any atom is -0.508 e. The van der Waals surface area contributed by atoms with E-state index in [1.54, 1.807) is 23.9 Å². The standard InChI is InChI=1S/C15H16O2S/c1-2-3-12-8-11(4-5-15(12)17)9-14-10-13(16)6-7-18-14/h2,4-5,8-9,17H,1,3,6-7,10H2. The molecule has 18 heavy (non-hydrogen) atoms. The van der Waals surface area contributed by atoms with Crippen LogP contribution in [0.25, 0.3) is 6.08 Å². The Morgan fingerprint density at radius 2 is 2.28 bits per heavy atom. The van der Waals surface area contributed by atoms with Crippen LogP contribution in [0.15, 0.2) is 35.8 Å². The van der Waals surface area contributed by atoms with Gasteiger partial charge < -0.3 is 5.11 Å². The van der Waals surface area contributed by atoms with Gasteiger partial charge in [-0.1, -0.05) is 12.1 Å². The van der Waals surface area contributed by atoms with Gasteiger partial charge in [-0.2, -0.15) is 0 Å². The molecule has 1 aromatic rings. The number of phenols is 1.